The van der Waals surface area contributed by atoms with Crippen molar-refractivity contribution in [2.75, 3.05) is 6.61 Å². The minimum atomic E-state index is -3.63. The first-order valence-corrected chi connectivity index (χ1v) is 12.7. The molecule has 0 aliphatic carbocycles. The van der Waals surface area contributed by atoms with Gasteiger partial charge in [-0.25, -0.2) is 4.68 Å². The van der Waals surface area contributed by atoms with Gasteiger partial charge >= 0.3 is 0 Å². The Labute approximate surface area is 185 Å². The molecule has 0 bridgehead atoms. The van der Waals surface area contributed by atoms with Crippen LogP contribution in [0.1, 0.15) is 63.4 Å². The van der Waals surface area contributed by atoms with Gasteiger partial charge in [0, 0.05) is 6.54 Å². The zero-order valence-corrected chi connectivity index (χ0v) is 19.2. The third-order valence-electron chi connectivity index (χ3n) is 5.48. The first kappa shape index (κ1) is 23.4. The van der Waals surface area contributed by atoms with Gasteiger partial charge in [0.25, 0.3) is 10.1 Å². The summed E-state index contributed by atoms with van der Waals surface area (Å²) in [5.74, 6) is 0. The van der Waals surface area contributed by atoms with E-state index in [0.717, 1.165) is 48.8 Å². The highest BCUT2D eigenvalue weighted by Gasteiger charge is 2.14. The molecule has 31 heavy (non-hydrogen) atoms. The lowest BCUT2D eigenvalue weighted by Crippen LogP contribution is -2.07. The van der Waals surface area contributed by atoms with Crippen LogP contribution in [0.4, 0.5) is 0 Å². The molecule has 0 amide bonds. The Balaban J connectivity index is 1.17. The number of unbranched alkanes of at least 4 members (excludes halogenated alkanes) is 8. The maximum absolute atomic E-state index is 12.1. The lowest BCUT2D eigenvalue weighted by Gasteiger charge is -2.06. The number of rotatable bonds is 14. The molecule has 0 aliphatic heterocycles. The van der Waals surface area contributed by atoms with Crippen LogP contribution in [0.5, 0.6) is 0 Å². The molecule has 2 aromatic carbocycles. The number of nitrogens with zero attached hydrogens (tertiary/aromatic N) is 3. The molecule has 0 aliphatic rings. The summed E-state index contributed by atoms with van der Waals surface area (Å²) in [5, 5.41) is 8.42. The Morgan fingerprint density at radius 2 is 1.42 bits per heavy atom. The Morgan fingerprint density at radius 1 is 0.806 bits per heavy atom. The fourth-order valence-corrected chi connectivity index (χ4v) is 4.57. The number of hydrogen-bond donors (Lipinski definition) is 0. The SMILES string of the molecule is Cc1ccc(S(=O)(=O)OCCCCCCCCCCCn2nnc3ccccc32)cc1. The second kappa shape index (κ2) is 12.0. The summed E-state index contributed by atoms with van der Waals surface area (Å²) < 4.78 is 31.4. The van der Waals surface area contributed by atoms with Crippen LogP contribution in [-0.2, 0) is 20.8 Å². The molecule has 6 nitrogen and oxygen atoms in total. The molecule has 168 valence electrons. The van der Waals surface area contributed by atoms with E-state index < -0.39 is 10.1 Å². The first-order valence-electron chi connectivity index (χ1n) is 11.3. The van der Waals surface area contributed by atoms with Crippen molar-refractivity contribution < 1.29 is 12.6 Å². The van der Waals surface area contributed by atoms with E-state index in [-0.39, 0.29) is 11.5 Å². The van der Waals surface area contributed by atoms with Gasteiger partial charge < -0.3 is 0 Å². The standard InChI is InChI=1S/C24H33N3O3S/c1-21-15-17-22(18-16-21)31(28,29)30-20-12-8-6-4-2-3-5-7-11-19-27-24-14-10-9-13-23(24)25-26-27/h9-10,13-18H,2-8,11-12,19-20H2,1H3. The Morgan fingerprint density at radius 3 is 2.13 bits per heavy atom. The van der Waals surface area contributed by atoms with Crippen LogP contribution in [0.15, 0.2) is 53.4 Å². The molecule has 0 N–H and O–H groups in total. The van der Waals surface area contributed by atoms with Crippen molar-refractivity contribution in [2.24, 2.45) is 0 Å². The smallest absolute Gasteiger partial charge is 0.266 e. The number of aromatic nitrogens is 3. The Hall–Kier alpha value is -2.25. The lowest BCUT2D eigenvalue weighted by molar-refractivity contribution is 0.306. The minimum absolute atomic E-state index is 0.232. The Bertz CT molecular complexity index is 1030. The molecule has 0 spiro atoms. The van der Waals surface area contributed by atoms with Crippen molar-refractivity contribution in [3.8, 4) is 0 Å². The van der Waals surface area contributed by atoms with E-state index in [9.17, 15) is 8.42 Å². The molecule has 3 aromatic rings. The Kier molecular flexibility index (Phi) is 9.03. The molecule has 0 saturated heterocycles. The average molecular weight is 444 g/mol. The highest BCUT2D eigenvalue weighted by molar-refractivity contribution is 7.86. The van der Waals surface area contributed by atoms with Gasteiger partial charge in [-0.3, -0.25) is 4.18 Å². The summed E-state index contributed by atoms with van der Waals surface area (Å²) in [6, 6.07) is 14.8. The quantitative estimate of drug-likeness (QED) is 0.237. The predicted molar refractivity (Wildman–Crippen MR) is 123 cm³/mol. The van der Waals surface area contributed by atoms with E-state index in [1.807, 2.05) is 29.8 Å². The number of aryl methyl sites for hydroxylation is 2. The van der Waals surface area contributed by atoms with E-state index in [1.165, 1.54) is 32.1 Å². The maximum atomic E-state index is 12.1. The monoisotopic (exact) mass is 443 g/mol. The van der Waals surface area contributed by atoms with Crippen molar-refractivity contribution in [3.63, 3.8) is 0 Å². The normalized spacial score (nSPS) is 11.9. The van der Waals surface area contributed by atoms with Crippen molar-refractivity contribution in [1.82, 2.24) is 15.0 Å². The predicted octanol–water partition coefficient (Wildman–Crippen LogP) is 5.66. The fourth-order valence-electron chi connectivity index (χ4n) is 3.63. The van der Waals surface area contributed by atoms with Crippen molar-refractivity contribution in [2.45, 2.75) is 76.2 Å². The van der Waals surface area contributed by atoms with Gasteiger partial charge in [-0.15, -0.1) is 5.10 Å². The van der Waals surface area contributed by atoms with Crippen molar-refractivity contribution in [3.05, 3.63) is 54.1 Å². The number of fused-ring (bicyclic) bond motifs is 1. The molecule has 3 rings (SSSR count). The van der Waals surface area contributed by atoms with Crippen LogP contribution in [0.3, 0.4) is 0 Å². The van der Waals surface area contributed by atoms with Gasteiger partial charge in [0.05, 0.1) is 17.0 Å². The molecule has 0 atom stereocenters. The van der Waals surface area contributed by atoms with Crippen molar-refractivity contribution in [1.29, 1.82) is 0 Å². The second-order valence-corrected chi connectivity index (χ2v) is 9.69. The fraction of sp³-hybridized carbons (Fsp3) is 0.500. The van der Waals surface area contributed by atoms with E-state index >= 15 is 0 Å². The van der Waals surface area contributed by atoms with Gasteiger partial charge in [-0.05, 0) is 44.0 Å². The molecule has 1 aromatic heterocycles. The molecule has 0 radical (unpaired) electrons. The summed E-state index contributed by atoms with van der Waals surface area (Å²) in [6.45, 7) is 3.11. The molecule has 0 fully saturated rings. The first-order chi connectivity index (χ1) is 15.1. The van der Waals surface area contributed by atoms with Gasteiger partial charge in [0.1, 0.15) is 5.52 Å². The summed E-state index contributed by atoms with van der Waals surface area (Å²) >= 11 is 0. The van der Waals surface area contributed by atoms with Gasteiger partial charge in [-0.2, -0.15) is 8.42 Å². The van der Waals surface area contributed by atoms with Crippen LogP contribution in [0, 0.1) is 6.92 Å². The largest absolute Gasteiger partial charge is 0.296 e. The van der Waals surface area contributed by atoms with Crippen LogP contribution in [0.25, 0.3) is 11.0 Å². The lowest BCUT2D eigenvalue weighted by atomic mass is 10.1. The molecular weight excluding hydrogens is 410 g/mol. The van der Waals surface area contributed by atoms with Crippen LogP contribution < -0.4 is 0 Å². The molecule has 0 unspecified atom stereocenters. The molecule has 1 heterocycles. The zero-order valence-electron chi connectivity index (χ0n) is 18.4. The van der Waals surface area contributed by atoms with Crippen LogP contribution in [0.2, 0.25) is 0 Å². The van der Waals surface area contributed by atoms with Gasteiger partial charge in [0.15, 0.2) is 0 Å². The van der Waals surface area contributed by atoms with E-state index in [4.69, 9.17) is 4.18 Å². The topological polar surface area (TPSA) is 74.1 Å². The van der Waals surface area contributed by atoms with E-state index in [2.05, 4.69) is 16.4 Å². The summed E-state index contributed by atoms with van der Waals surface area (Å²) in [6.07, 6.45) is 10.1. The molecular formula is C24H33N3O3S. The van der Waals surface area contributed by atoms with Crippen LogP contribution in [-0.4, -0.2) is 30.0 Å². The molecule has 7 heteroatoms. The second-order valence-electron chi connectivity index (χ2n) is 8.07. The van der Waals surface area contributed by atoms with E-state index in [1.54, 1.807) is 24.3 Å². The minimum Gasteiger partial charge on any atom is -0.266 e. The maximum Gasteiger partial charge on any atom is 0.296 e. The van der Waals surface area contributed by atoms with E-state index in [0.29, 0.717) is 0 Å². The number of hydrogen-bond acceptors (Lipinski definition) is 5. The average Bonchev–Trinajstić information content (AvgIpc) is 3.18. The summed E-state index contributed by atoms with van der Waals surface area (Å²) in [7, 11) is -3.63. The summed E-state index contributed by atoms with van der Waals surface area (Å²) in [4.78, 5) is 0.232. The zero-order chi connectivity index (χ0) is 21.9. The van der Waals surface area contributed by atoms with Crippen molar-refractivity contribution >= 4 is 21.2 Å². The van der Waals surface area contributed by atoms with Gasteiger partial charge in [0.2, 0.25) is 0 Å². The van der Waals surface area contributed by atoms with Crippen LogP contribution >= 0.6 is 0 Å². The third kappa shape index (κ3) is 7.43. The third-order valence-corrected chi connectivity index (χ3v) is 6.81. The molecule has 0 saturated carbocycles. The number of para-hydroxylation sites is 1. The highest BCUT2D eigenvalue weighted by Crippen LogP contribution is 2.15. The number of benzene rings is 2. The van der Waals surface area contributed by atoms with Gasteiger partial charge in [-0.1, -0.05) is 80.0 Å². The highest BCUT2D eigenvalue weighted by atomic mass is 32.2. The summed E-state index contributed by atoms with van der Waals surface area (Å²) in [5.41, 5.74) is 3.10.